The molecule has 0 radical (unpaired) electrons. The predicted octanol–water partition coefficient (Wildman–Crippen LogP) is 4.13. The number of hydrogen-bond donors (Lipinski definition) is 1. The number of carbonyl (C=O) groups excluding carboxylic acids is 1. The van der Waals surface area contributed by atoms with Crippen molar-refractivity contribution in [2.45, 2.75) is 19.9 Å². The number of ether oxygens (including phenoxy) is 3. The summed E-state index contributed by atoms with van der Waals surface area (Å²) in [4.78, 5) is 11.3. The molecule has 2 aromatic rings. The number of nitrogens with one attached hydrogen (secondary N) is 1. The number of halogens is 1. The molecule has 0 atom stereocenters. The third kappa shape index (κ3) is 6.16. The van der Waals surface area contributed by atoms with E-state index in [2.05, 4.69) is 5.32 Å². The van der Waals surface area contributed by atoms with Crippen molar-refractivity contribution in [3.8, 4) is 17.2 Å². The van der Waals surface area contributed by atoms with Gasteiger partial charge in [-0.05, 0) is 62.4 Å². The summed E-state index contributed by atoms with van der Waals surface area (Å²) in [5.41, 5.74) is 0. The molecule has 1 amide bonds. The van der Waals surface area contributed by atoms with Gasteiger partial charge in [-0.15, -0.1) is 0 Å². The summed E-state index contributed by atoms with van der Waals surface area (Å²) >= 11 is 0. The number of benzene rings is 2. The first-order valence-electron chi connectivity index (χ1n) is 7.62. The molecule has 6 heteroatoms. The minimum atomic E-state index is -0.461. The molecule has 5 nitrogen and oxygen atoms in total. The second-order valence-electron chi connectivity index (χ2n) is 5.31. The molecule has 2 aromatic carbocycles. The molecular weight excluding hydrogens is 313 g/mol. The Balaban J connectivity index is 1.74. The molecular formula is C18H20FNO4. The first-order chi connectivity index (χ1) is 11.5. The van der Waals surface area contributed by atoms with E-state index in [0.29, 0.717) is 17.2 Å². The smallest absolute Gasteiger partial charge is 0.407 e. The summed E-state index contributed by atoms with van der Waals surface area (Å²) in [5, 5.41) is 2.62. The van der Waals surface area contributed by atoms with Crippen molar-refractivity contribution >= 4 is 6.09 Å². The Kier molecular flexibility index (Phi) is 6.42. The van der Waals surface area contributed by atoms with E-state index in [1.54, 1.807) is 36.4 Å². The lowest BCUT2D eigenvalue weighted by atomic mass is 10.3. The van der Waals surface area contributed by atoms with Crippen molar-refractivity contribution in [2.24, 2.45) is 0 Å². The molecule has 0 fully saturated rings. The van der Waals surface area contributed by atoms with E-state index < -0.39 is 6.09 Å². The van der Waals surface area contributed by atoms with Crippen LogP contribution in [0.3, 0.4) is 0 Å². The Morgan fingerprint density at radius 2 is 1.50 bits per heavy atom. The standard InChI is InChI=1S/C18H20FNO4/c1-13(2)20-18(21)23-12-11-22-15-7-9-17(10-8-15)24-16-5-3-14(19)4-6-16/h3-10,13H,11-12H2,1-2H3,(H,20,21). The lowest BCUT2D eigenvalue weighted by molar-refractivity contribution is 0.123. The first-order valence-corrected chi connectivity index (χ1v) is 7.62. The minimum Gasteiger partial charge on any atom is -0.490 e. The average molecular weight is 333 g/mol. The SMILES string of the molecule is CC(C)NC(=O)OCCOc1ccc(Oc2ccc(F)cc2)cc1. The lowest BCUT2D eigenvalue weighted by Crippen LogP contribution is -2.31. The molecule has 0 saturated carbocycles. The van der Waals surface area contributed by atoms with E-state index >= 15 is 0 Å². The van der Waals surface area contributed by atoms with Crippen LogP contribution >= 0.6 is 0 Å². The van der Waals surface area contributed by atoms with Crippen LogP contribution in [0.15, 0.2) is 48.5 Å². The zero-order chi connectivity index (χ0) is 17.4. The van der Waals surface area contributed by atoms with Gasteiger partial charge in [-0.1, -0.05) is 0 Å². The van der Waals surface area contributed by atoms with Gasteiger partial charge >= 0.3 is 6.09 Å². The maximum atomic E-state index is 12.8. The van der Waals surface area contributed by atoms with Gasteiger partial charge in [-0.25, -0.2) is 9.18 Å². The number of carbonyl (C=O) groups is 1. The maximum absolute atomic E-state index is 12.8. The van der Waals surface area contributed by atoms with E-state index in [0.717, 1.165) is 0 Å². The van der Waals surface area contributed by atoms with Gasteiger partial charge in [-0.2, -0.15) is 0 Å². The number of rotatable bonds is 7. The van der Waals surface area contributed by atoms with Crippen molar-refractivity contribution in [3.05, 3.63) is 54.3 Å². The maximum Gasteiger partial charge on any atom is 0.407 e. The molecule has 0 aromatic heterocycles. The van der Waals surface area contributed by atoms with Crippen LogP contribution in [0.4, 0.5) is 9.18 Å². The number of hydrogen-bond acceptors (Lipinski definition) is 4. The van der Waals surface area contributed by atoms with Gasteiger partial charge < -0.3 is 19.5 Å². The Labute approximate surface area is 140 Å². The summed E-state index contributed by atoms with van der Waals surface area (Å²) in [7, 11) is 0. The second kappa shape index (κ2) is 8.76. The van der Waals surface area contributed by atoms with Gasteiger partial charge in [0.2, 0.25) is 0 Å². The fourth-order valence-electron chi connectivity index (χ4n) is 1.81. The quantitative estimate of drug-likeness (QED) is 0.774. The summed E-state index contributed by atoms with van der Waals surface area (Å²) in [6.07, 6.45) is -0.461. The molecule has 0 bridgehead atoms. The van der Waals surface area contributed by atoms with Crippen molar-refractivity contribution in [1.29, 1.82) is 0 Å². The highest BCUT2D eigenvalue weighted by Gasteiger charge is 2.04. The van der Waals surface area contributed by atoms with E-state index in [1.165, 1.54) is 12.1 Å². The van der Waals surface area contributed by atoms with Crippen LogP contribution in [0.5, 0.6) is 17.2 Å². The highest BCUT2D eigenvalue weighted by molar-refractivity contribution is 5.67. The van der Waals surface area contributed by atoms with Crippen LogP contribution < -0.4 is 14.8 Å². The molecule has 0 aliphatic rings. The van der Waals surface area contributed by atoms with Crippen LogP contribution in [0.1, 0.15) is 13.8 Å². The van der Waals surface area contributed by atoms with Crippen LogP contribution in [0.2, 0.25) is 0 Å². The van der Waals surface area contributed by atoms with Crippen molar-refractivity contribution in [2.75, 3.05) is 13.2 Å². The van der Waals surface area contributed by atoms with E-state index in [4.69, 9.17) is 14.2 Å². The monoisotopic (exact) mass is 333 g/mol. The van der Waals surface area contributed by atoms with Gasteiger partial charge in [0.05, 0.1) is 0 Å². The molecule has 1 N–H and O–H groups in total. The van der Waals surface area contributed by atoms with E-state index in [9.17, 15) is 9.18 Å². The molecule has 0 unspecified atom stereocenters. The van der Waals surface area contributed by atoms with Crippen LogP contribution in [-0.2, 0) is 4.74 Å². The summed E-state index contributed by atoms with van der Waals surface area (Å²) < 4.78 is 28.8. The van der Waals surface area contributed by atoms with E-state index in [1.807, 2.05) is 13.8 Å². The zero-order valence-corrected chi connectivity index (χ0v) is 13.6. The average Bonchev–Trinajstić information content (AvgIpc) is 2.54. The molecule has 128 valence electrons. The minimum absolute atomic E-state index is 0.0343. The largest absolute Gasteiger partial charge is 0.490 e. The van der Waals surface area contributed by atoms with Gasteiger partial charge in [0.15, 0.2) is 0 Å². The molecule has 0 saturated heterocycles. The molecule has 0 aliphatic heterocycles. The predicted molar refractivity (Wildman–Crippen MR) is 88.0 cm³/mol. The summed E-state index contributed by atoms with van der Waals surface area (Å²) in [6.45, 7) is 4.12. The third-order valence-electron chi connectivity index (χ3n) is 2.86. The Bertz CT molecular complexity index is 641. The van der Waals surface area contributed by atoms with Crippen molar-refractivity contribution in [1.82, 2.24) is 5.32 Å². The van der Waals surface area contributed by atoms with Crippen LogP contribution in [0.25, 0.3) is 0 Å². The fourth-order valence-corrected chi connectivity index (χ4v) is 1.81. The molecule has 0 aliphatic carbocycles. The summed E-state index contributed by atoms with van der Waals surface area (Å²) in [5.74, 6) is 1.49. The first kappa shape index (κ1) is 17.6. The fraction of sp³-hybridized carbons (Fsp3) is 0.278. The second-order valence-corrected chi connectivity index (χ2v) is 5.31. The molecule has 0 heterocycles. The molecule has 0 spiro atoms. The van der Waals surface area contributed by atoms with Crippen molar-refractivity contribution in [3.63, 3.8) is 0 Å². The highest BCUT2D eigenvalue weighted by Crippen LogP contribution is 2.23. The van der Waals surface area contributed by atoms with Crippen LogP contribution in [-0.4, -0.2) is 25.3 Å². The number of amides is 1. The highest BCUT2D eigenvalue weighted by atomic mass is 19.1. The molecule has 24 heavy (non-hydrogen) atoms. The van der Waals surface area contributed by atoms with Gasteiger partial charge in [0.1, 0.15) is 36.3 Å². The Hall–Kier alpha value is -2.76. The Morgan fingerprint density at radius 3 is 2.08 bits per heavy atom. The normalized spacial score (nSPS) is 10.3. The van der Waals surface area contributed by atoms with Gasteiger partial charge in [-0.3, -0.25) is 0 Å². The Morgan fingerprint density at radius 1 is 0.958 bits per heavy atom. The van der Waals surface area contributed by atoms with Gasteiger partial charge in [0, 0.05) is 6.04 Å². The molecule has 2 rings (SSSR count). The zero-order valence-electron chi connectivity index (χ0n) is 13.6. The topological polar surface area (TPSA) is 56.8 Å². The lowest BCUT2D eigenvalue weighted by Gasteiger charge is -2.10. The van der Waals surface area contributed by atoms with Gasteiger partial charge in [0.25, 0.3) is 0 Å². The van der Waals surface area contributed by atoms with E-state index in [-0.39, 0.29) is 25.1 Å². The van der Waals surface area contributed by atoms with Crippen LogP contribution in [0, 0.1) is 5.82 Å². The number of alkyl carbamates (subject to hydrolysis) is 1. The summed E-state index contributed by atoms with van der Waals surface area (Å²) in [6, 6.07) is 12.8. The van der Waals surface area contributed by atoms with Crippen molar-refractivity contribution < 1.29 is 23.4 Å². The third-order valence-corrected chi connectivity index (χ3v) is 2.86.